The second-order valence-electron chi connectivity index (χ2n) is 10.1. The van der Waals surface area contributed by atoms with Crippen molar-refractivity contribution in [3.8, 4) is 5.75 Å². The summed E-state index contributed by atoms with van der Waals surface area (Å²) < 4.78 is 11.1. The van der Waals surface area contributed by atoms with E-state index in [1.54, 1.807) is 13.2 Å². The van der Waals surface area contributed by atoms with Gasteiger partial charge in [0, 0.05) is 50.2 Å². The number of rotatable bonds is 18. The molecule has 14 heteroatoms. The standard InChI is InChI=1S/C31H41N11O3/c1-3-25-40-30(34)42-31(41-25)38-14-5-4-13-35-26-21-9-6-10-22(27(21)39-24-12-11-20(44-2)19-23(24)26)28(43)36-15-7-17-45-18-8-16-37-29(32)33/h3,6,9-12,19H,1,4-5,7-8,13-18H2,2H3,(H,35,39)(H,36,43)(H4,32,33,37)(H3,34,38,40,41,42). The maximum absolute atomic E-state index is 13.2. The number of aliphatic imine (C=N–C) groups is 1. The van der Waals surface area contributed by atoms with Gasteiger partial charge in [-0.3, -0.25) is 9.79 Å². The van der Waals surface area contributed by atoms with Gasteiger partial charge in [0.25, 0.3) is 5.91 Å². The van der Waals surface area contributed by atoms with Gasteiger partial charge in [0.2, 0.25) is 11.9 Å². The zero-order valence-corrected chi connectivity index (χ0v) is 25.5. The Morgan fingerprint density at radius 3 is 2.53 bits per heavy atom. The highest BCUT2D eigenvalue weighted by Crippen LogP contribution is 2.34. The molecule has 0 fully saturated rings. The van der Waals surface area contributed by atoms with Gasteiger partial charge in [-0.25, -0.2) is 4.98 Å². The smallest absolute Gasteiger partial charge is 0.253 e. The van der Waals surface area contributed by atoms with Crippen LogP contribution >= 0.6 is 0 Å². The average Bonchev–Trinajstić information content (AvgIpc) is 3.04. The number of amides is 1. The summed E-state index contributed by atoms with van der Waals surface area (Å²) in [5.41, 5.74) is 19.2. The highest BCUT2D eigenvalue weighted by molar-refractivity contribution is 6.14. The number of para-hydroxylation sites is 1. The number of carbonyl (C=O) groups is 1. The van der Waals surface area contributed by atoms with Crippen LogP contribution in [0.1, 0.15) is 41.9 Å². The van der Waals surface area contributed by atoms with E-state index in [0.29, 0.717) is 68.7 Å². The number of hydrogen-bond acceptors (Lipinski definition) is 11. The summed E-state index contributed by atoms with van der Waals surface area (Å²) in [5, 5.41) is 11.5. The maximum atomic E-state index is 13.2. The van der Waals surface area contributed by atoms with Gasteiger partial charge in [-0.1, -0.05) is 18.7 Å². The molecular weight excluding hydrogens is 574 g/mol. The lowest BCUT2D eigenvalue weighted by atomic mass is 10.0. The van der Waals surface area contributed by atoms with Crippen LogP contribution < -0.4 is 37.9 Å². The Balaban J connectivity index is 1.40. The summed E-state index contributed by atoms with van der Waals surface area (Å²) >= 11 is 0. The molecule has 0 saturated heterocycles. The molecule has 0 spiro atoms. The number of hydrogen-bond donors (Lipinski definition) is 6. The van der Waals surface area contributed by atoms with Crippen molar-refractivity contribution in [1.29, 1.82) is 0 Å². The van der Waals surface area contributed by atoms with E-state index in [2.05, 4.69) is 42.5 Å². The number of benzene rings is 2. The van der Waals surface area contributed by atoms with Crippen LogP contribution in [0.3, 0.4) is 0 Å². The summed E-state index contributed by atoms with van der Waals surface area (Å²) in [5.74, 6) is 1.59. The third-order valence-electron chi connectivity index (χ3n) is 6.79. The van der Waals surface area contributed by atoms with E-state index in [0.717, 1.165) is 47.0 Å². The Labute approximate surface area is 261 Å². The predicted octanol–water partition coefficient (Wildman–Crippen LogP) is 2.91. The Kier molecular flexibility index (Phi) is 12.0. The zero-order valence-electron chi connectivity index (χ0n) is 25.5. The normalized spacial score (nSPS) is 10.9. The van der Waals surface area contributed by atoms with Crippen molar-refractivity contribution in [2.75, 3.05) is 62.9 Å². The summed E-state index contributed by atoms with van der Waals surface area (Å²) in [7, 11) is 1.63. The molecule has 2 heterocycles. The second kappa shape index (κ2) is 16.6. The minimum atomic E-state index is -0.190. The van der Waals surface area contributed by atoms with Crippen molar-refractivity contribution >= 4 is 57.3 Å². The number of nitrogens with zero attached hydrogens (tertiary/aromatic N) is 5. The number of aromatic nitrogens is 4. The van der Waals surface area contributed by atoms with E-state index in [1.165, 1.54) is 6.08 Å². The van der Waals surface area contributed by atoms with E-state index in [9.17, 15) is 4.79 Å². The van der Waals surface area contributed by atoms with Crippen molar-refractivity contribution in [2.45, 2.75) is 25.7 Å². The van der Waals surface area contributed by atoms with Gasteiger partial charge in [0.1, 0.15) is 5.75 Å². The van der Waals surface area contributed by atoms with Crippen molar-refractivity contribution in [3.05, 3.63) is 54.4 Å². The number of nitrogens with two attached hydrogens (primary N) is 3. The van der Waals surface area contributed by atoms with Crippen molar-refractivity contribution in [3.63, 3.8) is 0 Å². The molecule has 2 aromatic heterocycles. The first-order valence-corrected chi connectivity index (χ1v) is 14.8. The van der Waals surface area contributed by atoms with Crippen LogP contribution in [0.15, 0.2) is 48.0 Å². The number of fused-ring (bicyclic) bond motifs is 2. The lowest BCUT2D eigenvalue weighted by Gasteiger charge is -2.16. The van der Waals surface area contributed by atoms with E-state index >= 15 is 0 Å². The maximum Gasteiger partial charge on any atom is 0.253 e. The Morgan fingerprint density at radius 2 is 1.76 bits per heavy atom. The quantitative estimate of drug-likeness (QED) is 0.0412. The minimum absolute atomic E-state index is 0.0760. The number of anilines is 3. The molecule has 0 aliphatic heterocycles. The number of nitrogens with one attached hydrogen (secondary N) is 3. The van der Waals surface area contributed by atoms with Crippen molar-refractivity contribution in [2.24, 2.45) is 16.5 Å². The van der Waals surface area contributed by atoms with E-state index in [4.69, 9.17) is 31.7 Å². The molecule has 9 N–H and O–H groups in total. The molecule has 0 radical (unpaired) electrons. The molecule has 1 amide bonds. The van der Waals surface area contributed by atoms with Crippen LogP contribution in [0.5, 0.6) is 5.75 Å². The molecule has 2 aromatic carbocycles. The number of pyridine rings is 1. The van der Waals surface area contributed by atoms with Crippen LogP contribution in [0.25, 0.3) is 27.9 Å². The molecule has 238 valence electrons. The monoisotopic (exact) mass is 615 g/mol. The molecule has 14 nitrogen and oxygen atoms in total. The minimum Gasteiger partial charge on any atom is -0.497 e. The fourth-order valence-corrected chi connectivity index (χ4v) is 4.64. The van der Waals surface area contributed by atoms with Crippen LogP contribution in [0.4, 0.5) is 17.6 Å². The number of methoxy groups -OCH3 is 1. The van der Waals surface area contributed by atoms with Gasteiger partial charge in [0.05, 0.1) is 29.4 Å². The Hall–Kier alpha value is -5.24. The lowest BCUT2D eigenvalue weighted by molar-refractivity contribution is 0.0942. The molecule has 45 heavy (non-hydrogen) atoms. The average molecular weight is 616 g/mol. The number of ether oxygens (including phenoxy) is 2. The molecule has 0 unspecified atom stereocenters. The molecule has 0 atom stereocenters. The van der Waals surface area contributed by atoms with E-state index < -0.39 is 0 Å². The van der Waals surface area contributed by atoms with Crippen molar-refractivity contribution < 1.29 is 14.3 Å². The Morgan fingerprint density at radius 1 is 0.956 bits per heavy atom. The first kappa shape index (κ1) is 32.7. The Bertz CT molecular complexity index is 1640. The predicted molar refractivity (Wildman–Crippen MR) is 179 cm³/mol. The van der Waals surface area contributed by atoms with E-state index in [1.807, 2.05) is 30.3 Å². The molecule has 0 bridgehead atoms. The first-order chi connectivity index (χ1) is 21.9. The SMILES string of the molecule is C=Cc1nc(N)nc(NCCCCNc2c3cc(OC)ccc3nc3c(C(=O)NCCCOCCCN=C(N)N)cccc23)n1. The van der Waals surface area contributed by atoms with Crippen LogP contribution in [-0.4, -0.2) is 78.3 Å². The van der Waals surface area contributed by atoms with Gasteiger partial charge < -0.3 is 42.6 Å². The fraction of sp³-hybridized carbons (Fsp3) is 0.355. The highest BCUT2D eigenvalue weighted by Gasteiger charge is 2.16. The third kappa shape index (κ3) is 9.37. The zero-order chi connectivity index (χ0) is 32.0. The molecular formula is C31H41N11O3. The lowest BCUT2D eigenvalue weighted by Crippen LogP contribution is -2.25. The van der Waals surface area contributed by atoms with Crippen molar-refractivity contribution in [1.82, 2.24) is 25.3 Å². The van der Waals surface area contributed by atoms with Gasteiger partial charge in [0.15, 0.2) is 11.8 Å². The van der Waals surface area contributed by atoms with Gasteiger partial charge in [-0.2, -0.15) is 15.0 Å². The third-order valence-corrected chi connectivity index (χ3v) is 6.79. The van der Waals surface area contributed by atoms with Gasteiger partial charge in [-0.05, 0) is 56.0 Å². The summed E-state index contributed by atoms with van der Waals surface area (Å²) in [6.45, 7) is 7.08. The second-order valence-corrected chi connectivity index (χ2v) is 10.1. The van der Waals surface area contributed by atoms with Crippen LogP contribution in [-0.2, 0) is 4.74 Å². The largest absolute Gasteiger partial charge is 0.497 e. The van der Waals surface area contributed by atoms with Crippen LogP contribution in [0.2, 0.25) is 0 Å². The molecule has 0 aliphatic carbocycles. The van der Waals surface area contributed by atoms with Gasteiger partial charge >= 0.3 is 0 Å². The molecule has 0 aliphatic rings. The topological polar surface area (TPSA) is 214 Å². The summed E-state index contributed by atoms with van der Waals surface area (Å²) in [4.78, 5) is 34.4. The number of unbranched alkanes of at least 4 members (excludes halogenated alkanes) is 1. The summed E-state index contributed by atoms with van der Waals surface area (Å²) in [6.07, 6.45) is 4.63. The molecule has 4 aromatic rings. The molecule has 0 saturated carbocycles. The van der Waals surface area contributed by atoms with Gasteiger partial charge in [-0.15, -0.1) is 0 Å². The first-order valence-electron chi connectivity index (χ1n) is 14.8. The number of nitrogen functional groups attached to an aromatic ring is 1. The highest BCUT2D eigenvalue weighted by atomic mass is 16.5. The number of carbonyl (C=O) groups excluding carboxylic acids is 1. The molecule has 4 rings (SSSR count). The number of guanidine groups is 1. The fourth-order valence-electron chi connectivity index (χ4n) is 4.64. The van der Waals surface area contributed by atoms with E-state index in [-0.39, 0.29) is 17.8 Å². The van der Waals surface area contributed by atoms with Crippen LogP contribution in [0, 0.1) is 0 Å². The summed E-state index contributed by atoms with van der Waals surface area (Å²) in [6, 6.07) is 11.4.